The van der Waals surface area contributed by atoms with Crippen LogP contribution in [-0.4, -0.2) is 5.97 Å². The highest BCUT2D eigenvalue weighted by atomic mass is 16.5. The smallest absolute Gasteiger partial charge is 0.311 e. The molecule has 0 aliphatic rings. The Morgan fingerprint density at radius 2 is 1.78 bits per heavy atom. The van der Waals surface area contributed by atoms with Crippen molar-refractivity contribution in [3.8, 4) is 17.9 Å². The summed E-state index contributed by atoms with van der Waals surface area (Å²) in [5.74, 6) is 0.155. The number of benzene rings is 2. The molecule has 0 amide bonds. The summed E-state index contributed by atoms with van der Waals surface area (Å²) in [6.07, 6.45) is 0.961. The fraction of sp³-hybridized carbons (Fsp3) is 0.211. The summed E-state index contributed by atoms with van der Waals surface area (Å²) in [5, 5.41) is 18.1. The molecule has 2 rings (SSSR count). The summed E-state index contributed by atoms with van der Waals surface area (Å²) in [5.41, 5.74) is 1.55. The first-order chi connectivity index (χ1) is 11.2. The van der Waals surface area contributed by atoms with E-state index in [0.717, 1.165) is 12.0 Å². The van der Waals surface area contributed by atoms with Gasteiger partial charge in [0.25, 0.3) is 0 Å². The molecule has 1 unspecified atom stereocenters. The van der Waals surface area contributed by atoms with Crippen LogP contribution in [-0.2, 0) is 4.79 Å². The topological polar surface area (TPSA) is 73.9 Å². The Labute approximate surface area is 135 Å². The number of para-hydroxylation sites is 1. The SMILES string of the molecule is CCC(CC(=O)Oc1ccccc1)c1ccc(C#N)c(C#N)c1. The lowest BCUT2D eigenvalue weighted by molar-refractivity contribution is -0.134. The van der Waals surface area contributed by atoms with Crippen molar-refractivity contribution in [2.24, 2.45) is 0 Å². The van der Waals surface area contributed by atoms with Crippen molar-refractivity contribution in [2.45, 2.75) is 25.7 Å². The van der Waals surface area contributed by atoms with Crippen molar-refractivity contribution in [1.82, 2.24) is 0 Å². The largest absolute Gasteiger partial charge is 0.427 e. The molecule has 4 nitrogen and oxygen atoms in total. The number of rotatable bonds is 5. The van der Waals surface area contributed by atoms with E-state index in [-0.39, 0.29) is 18.3 Å². The van der Waals surface area contributed by atoms with Crippen LogP contribution in [0.5, 0.6) is 5.75 Å². The van der Waals surface area contributed by atoms with Crippen LogP contribution in [0.15, 0.2) is 48.5 Å². The molecule has 114 valence electrons. The molecule has 1 atom stereocenters. The molecule has 0 aliphatic carbocycles. The molecule has 4 heteroatoms. The van der Waals surface area contributed by atoms with E-state index in [2.05, 4.69) is 0 Å². The number of ether oxygens (including phenoxy) is 1. The van der Waals surface area contributed by atoms with Gasteiger partial charge in [-0.05, 0) is 42.2 Å². The van der Waals surface area contributed by atoms with E-state index < -0.39 is 0 Å². The van der Waals surface area contributed by atoms with Gasteiger partial charge in [0, 0.05) is 0 Å². The van der Waals surface area contributed by atoms with E-state index in [1.165, 1.54) is 0 Å². The van der Waals surface area contributed by atoms with E-state index in [1.807, 2.05) is 25.1 Å². The van der Waals surface area contributed by atoms with E-state index >= 15 is 0 Å². The standard InChI is InChI=1S/C19H16N2O2/c1-2-14(11-19(22)23-18-6-4-3-5-7-18)15-8-9-16(12-20)17(10-15)13-21/h3-10,14H,2,11H2,1H3. The molecule has 0 saturated carbocycles. The number of carbonyl (C=O) groups is 1. The van der Waals surface area contributed by atoms with Crippen LogP contribution in [0.25, 0.3) is 0 Å². The number of nitriles is 2. The molecule has 0 saturated heterocycles. The Morgan fingerprint density at radius 3 is 2.39 bits per heavy atom. The third-order valence-corrected chi connectivity index (χ3v) is 3.64. The summed E-state index contributed by atoms with van der Waals surface area (Å²) in [6.45, 7) is 1.98. The van der Waals surface area contributed by atoms with Crippen LogP contribution in [0.2, 0.25) is 0 Å². The van der Waals surface area contributed by atoms with Crippen molar-refractivity contribution in [3.63, 3.8) is 0 Å². The molecular weight excluding hydrogens is 288 g/mol. The average Bonchev–Trinajstić information content (AvgIpc) is 2.60. The van der Waals surface area contributed by atoms with Gasteiger partial charge in [0.2, 0.25) is 0 Å². The summed E-state index contributed by atoms with van der Waals surface area (Å²) in [6, 6.07) is 18.0. The molecule has 0 fully saturated rings. The van der Waals surface area contributed by atoms with Crippen LogP contribution >= 0.6 is 0 Å². The van der Waals surface area contributed by atoms with Crippen LogP contribution in [0.1, 0.15) is 42.4 Å². The molecule has 0 heterocycles. The Hall–Kier alpha value is -3.11. The Balaban J connectivity index is 2.13. The maximum atomic E-state index is 12.1. The highest BCUT2D eigenvalue weighted by Crippen LogP contribution is 2.26. The van der Waals surface area contributed by atoms with Gasteiger partial charge in [-0.25, -0.2) is 0 Å². The molecule has 0 aliphatic heterocycles. The van der Waals surface area contributed by atoms with E-state index in [1.54, 1.807) is 42.5 Å². The van der Waals surface area contributed by atoms with Gasteiger partial charge in [-0.3, -0.25) is 4.79 Å². The zero-order valence-corrected chi connectivity index (χ0v) is 12.8. The second kappa shape index (κ2) is 7.77. The quantitative estimate of drug-likeness (QED) is 0.620. The van der Waals surface area contributed by atoms with Gasteiger partial charge in [-0.1, -0.05) is 31.2 Å². The highest BCUT2D eigenvalue weighted by molar-refractivity contribution is 5.73. The number of nitrogens with zero attached hydrogens (tertiary/aromatic N) is 2. The lowest BCUT2D eigenvalue weighted by Gasteiger charge is -2.15. The second-order valence-corrected chi connectivity index (χ2v) is 5.13. The van der Waals surface area contributed by atoms with E-state index in [9.17, 15) is 4.79 Å². The van der Waals surface area contributed by atoms with Gasteiger partial charge in [-0.2, -0.15) is 10.5 Å². The minimum atomic E-state index is -0.314. The molecule has 2 aromatic rings. The maximum absolute atomic E-state index is 12.1. The second-order valence-electron chi connectivity index (χ2n) is 5.13. The van der Waals surface area contributed by atoms with Crippen molar-refractivity contribution in [3.05, 3.63) is 65.2 Å². The predicted octanol–water partition coefficient (Wildman–Crippen LogP) is 3.92. The van der Waals surface area contributed by atoms with Gasteiger partial charge in [-0.15, -0.1) is 0 Å². The summed E-state index contributed by atoms with van der Waals surface area (Å²) in [4.78, 5) is 12.1. The van der Waals surface area contributed by atoms with E-state index in [4.69, 9.17) is 15.3 Å². The zero-order chi connectivity index (χ0) is 16.7. The summed E-state index contributed by atoms with van der Waals surface area (Å²) in [7, 11) is 0. The first-order valence-corrected chi connectivity index (χ1v) is 7.37. The van der Waals surface area contributed by atoms with Crippen LogP contribution < -0.4 is 4.74 Å². The molecule has 0 radical (unpaired) electrons. The fourth-order valence-electron chi connectivity index (χ4n) is 2.37. The predicted molar refractivity (Wildman–Crippen MR) is 85.6 cm³/mol. The number of carbonyl (C=O) groups excluding carboxylic acids is 1. The molecule has 23 heavy (non-hydrogen) atoms. The minimum Gasteiger partial charge on any atom is -0.427 e. The molecule has 0 N–H and O–H groups in total. The third-order valence-electron chi connectivity index (χ3n) is 3.64. The molecule has 0 spiro atoms. The van der Waals surface area contributed by atoms with Gasteiger partial charge >= 0.3 is 5.97 Å². The summed E-state index contributed by atoms with van der Waals surface area (Å²) >= 11 is 0. The van der Waals surface area contributed by atoms with Gasteiger partial charge in [0.1, 0.15) is 17.9 Å². The van der Waals surface area contributed by atoms with E-state index in [0.29, 0.717) is 16.9 Å². The number of hydrogen-bond donors (Lipinski definition) is 0. The normalized spacial score (nSPS) is 11.1. The average molecular weight is 304 g/mol. The van der Waals surface area contributed by atoms with Gasteiger partial charge < -0.3 is 4.74 Å². The third kappa shape index (κ3) is 4.18. The van der Waals surface area contributed by atoms with Crippen molar-refractivity contribution >= 4 is 5.97 Å². The summed E-state index contributed by atoms with van der Waals surface area (Å²) < 4.78 is 5.31. The zero-order valence-electron chi connectivity index (χ0n) is 12.8. The lowest BCUT2D eigenvalue weighted by Crippen LogP contribution is -2.13. The highest BCUT2D eigenvalue weighted by Gasteiger charge is 2.17. The van der Waals surface area contributed by atoms with Crippen molar-refractivity contribution < 1.29 is 9.53 Å². The van der Waals surface area contributed by atoms with Gasteiger partial charge in [0.15, 0.2) is 0 Å². The van der Waals surface area contributed by atoms with Crippen molar-refractivity contribution in [1.29, 1.82) is 10.5 Å². The van der Waals surface area contributed by atoms with Crippen LogP contribution in [0.3, 0.4) is 0 Å². The van der Waals surface area contributed by atoms with Crippen molar-refractivity contribution in [2.75, 3.05) is 0 Å². The van der Waals surface area contributed by atoms with Gasteiger partial charge in [0.05, 0.1) is 17.5 Å². The molecule has 2 aromatic carbocycles. The monoisotopic (exact) mass is 304 g/mol. The lowest BCUT2D eigenvalue weighted by atomic mass is 9.91. The first-order valence-electron chi connectivity index (χ1n) is 7.37. The number of esters is 1. The van der Waals surface area contributed by atoms with Crippen LogP contribution in [0, 0.1) is 22.7 Å². The maximum Gasteiger partial charge on any atom is 0.311 e. The Bertz CT molecular complexity index is 770. The molecular formula is C19H16N2O2. The molecule has 0 bridgehead atoms. The Morgan fingerprint density at radius 1 is 1.09 bits per heavy atom. The molecule has 0 aromatic heterocycles. The minimum absolute atomic E-state index is 0.0499. The van der Waals surface area contributed by atoms with Crippen LogP contribution in [0.4, 0.5) is 0 Å². The Kier molecular flexibility index (Phi) is 5.50. The first kappa shape index (κ1) is 16.3. The number of hydrogen-bond acceptors (Lipinski definition) is 4. The fourth-order valence-corrected chi connectivity index (χ4v) is 2.37.